The number of esters is 1. The Hall–Kier alpha value is -1.36. The molecule has 2 fully saturated rings. The zero-order valence-electron chi connectivity index (χ0n) is 15.3. The average Bonchev–Trinajstić information content (AvgIpc) is 2.68. The molecule has 0 radical (unpaired) electrons. The summed E-state index contributed by atoms with van der Waals surface area (Å²) in [5.41, 5.74) is 0.460. The number of carbonyl (C=O) groups excluding carboxylic acids is 2. The summed E-state index contributed by atoms with van der Waals surface area (Å²) in [7, 11) is 0. The lowest BCUT2D eigenvalue weighted by Gasteiger charge is -2.41. The normalized spacial score (nSPS) is 19.1. The minimum atomic E-state index is -0.446. The van der Waals surface area contributed by atoms with Crippen LogP contribution in [0, 0.1) is 0 Å². The molecule has 0 bridgehead atoms. The molecule has 1 amide bonds. The number of nitrogens with zero attached hydrogens (tertiary/aromatic N) is 1. The van der Waals surface area contributed by atoms with Crippen molar-refractivity contribution in [3.8, 4) is 0 Å². The first-order valence-electron chi connectivity index (χ1n) is 9.89. The van der Waals surface area contributed by atoms with E-state index in [0.717, 1.165) is 25.7 Å². The van der Waals surface area contributed by atoms with Gasteiger partial charge in [0.2, 0.25) is 0 Å². The van der Waals surface area contributed by atoms with Gasteiger partial charge in [0.05, 0.1) is 5.56 Å². The number of benzene rings is 1. The van der Waals surface area contributed by atoms with Crippen molar-refractivity contribution >= 4 is 27.8 Å². The second-order valence-electron chi connectivity index (χ2n) is 7.44. The molecule has 2 aliphatic rings. The van der Waals surface area contributed by atoms with Gasteiger partial charge in [-0.15, -0.1) is 0 Å². The van der Waals surface area contributed by atoms with Crippen molar-refractivity contribution in [3.63, 3.8) is 0 Å². The van der Waals surface area contributed by atoms with Crippen LogP contribution in [0.25, 0.3) is 0 Å². The molecule has 3 rings (SSSR count). The van der Waals surface area contributed by atoms with E-state index in [9.17, 15) is 9.59 Å². The third-order valence-electron chi connectivity index (χ3n) is 5.64. The Balaban J connectivity index is 1.64. The summed E-state index contributed by atoms with van der Waals surface area (Å²) in [6.45, 7) is -0.160. The Kier molecular flexibility index (Phi) is 7.12. The van der Waals surface area contributed by atoms with Crippen molar-refractivity contribution in [1.82, 2.24) is 4.90 Å². The number of ether oxygens (including phenoxy) is 1. The van der Waals surface area contributed by atoms with Gasteiger partial charge in [-0.05, 0) is 53.7 Å². The molecule has 0 heterocycles. The highest BCUT2D eigenvalue weighted by Crippen LogP contribution is 2.30. The molecule has 0 atom stereocenters. The quantitative estimate of drug-likeness (QED) is 0.621. The summed E-state index contributed by atoms with van der Waals surface area (Å²) in [5.74, 6) is -0.470. The summed E-state index contributed by atoms with van der Waals surface area (Å²) in [6, 6.07) is 7.79. The third kappa shape index (κ3) is 4.87. The molecule has 0 spiro atoms. The van der Waals surface area contributed by atoms with Crippen molar-refractivity contribution in [1.29, 1.82) is 0 Å². The average molecular weight is 422 g/mol. The van der Waals surface area contributed by atoms with Crippen molar-refractivity contribution in [2.45, 2.75) is 76.3 Å². The van der Waals surface area contributed by atoms with Gasteiger partial charge in [-0.2, -0.15) is 0 Å². The smallest absolute Gasteiger partial charge is 0.339 e. The molecular weight excluding hydrogens is 394 g/mol. The maximum atomic E-state index is 13.0. The van der Waals surface area contributed by atoms with Crippen LogP contribution in [0.1, 0.15) is 74.6 Å². The number of halogens is 1. The van der Waals surface area contributed by atoms with E-state index in [1.54, 1.807) is 18.2 Å². The zero-order valence-corrected chi connectivity index (χ0v) is 16.9. The number of carbonyl (C=O) groups is 2. The monoisotopic (exact) mass is 421 g/mol. The van der Waals surface area contributed by atoms with Gasteiger partial charge in [-0.3, -0.25) is 4.79 Å². The fraction of sp³-hybridized carbons (Fsp3) is 0.619. The first kappa shape index (κ1) is 19.4. The number of rotatable bonds is 5. The van der Waals surface area contributed by atoms with E-state index in [0.29, 0.717) is 22.1 Å². The highest BCUT2D eigenvalue weighted by atomic mass is 79.9. The van der Waals surface area contributed by atoms with Crippen LogP contribution in [0.3, 0.4) is 0 Å². The summed E-state index contributed by atoms with van der Waals surface area (Å²) in [6.07, 6.45) is 11.6. The van der Waals surface area contributed by atoms with E-state index in [-0.39, 0.29) is 12.5 Å². The van der Waals surface area contributed by atoms with E-state index in [4.69, 9.17) is 4.74 Å². The Morgan fingerprint density at radius 2 is 1.46 bits per heavy atom. The van der Waals surface area contributed by atoms with Gasteiger partial charge in [-0.25, -0.2) is 4.79 Å². The lowest BCUT2D eigenvalue weighted by atomic mass is 9.88. The largest absolute Gasteiger partial charge is 0.452 e. The minimum absolute atomic E-state index is 0.0239. The van der Waals surface area contributed by atoms with E-state index in [2.05, 4.69) is 20.8 Å². The van der Waals surface area contributed by atoms with Gasteiger partial charge < -0.3 is 9.64 Å². The predicted octanol–water partition coefficient (Wildman–Crippen LogP) is 5.10. The van der Waals surface area contributed by atoms with Crippen LogP contribution in [-0.2, 0) is 9.53 Å². The van der Waals surface area contributed by atoms with Gasteiger partial charge in [0.25, 0.3) is 5.91 Å². The number of amides is 1. The first-order valence-corrected chi connectivity index (χ1v) is 10.7. The van der Waals surface area contributed by atoms with Crippen LogP contribution < -0.4 is 0 Å². The lowest BCUT2D eigenvalue weighted by Crippen LogP contribution is -2.50. The van der Waals surface area contributed by atoms with Crippen LogP contribution in [0.15, 0.2) is 28.7 Å². The van der Waals surface area contributed by atoms with E-state index in [1.807, 2.05) is 6.07 Å². The second kappa shape index (κ2) is 9.54. The van der Waals surface area contributed by atoms with Crippen LogP contribution in [0.5, 0.6) is 0 Å². The molecule has 0 aliphatic heterocycles. The van der Waals surface area contributed by atoms with E-state index >= 15 is 0 Å². The maximum Gasteiger partial charge on any atom is 0.339 e. The van der Waals surface area contributed by atoms with Crippen molar-refractivity contribution in [2.75, 3.05) is 6.61 Å². The molecule has 0 N–H and O–H groups in total. The van der Waals surface area contributed by atoms with Gasteiger partial charge in [0.15, 0.2) is 6.61 Å². The van der Waals surface area contributed by atoms with Gasteiger partial charge in [0.1, 0.15) is 0 Å². The highest BCUT2D eigenvalue weighted by Gasteiger charge is 2.32. The lowest BCUT2D eigenvalue weighted by molar-refractivity contribution is -0.141. The minimum Gasteiger partial charge on any atom is -0.452 e. The molecule has 2 saturated carbocycles. The Bertz CT molecular complexity index is 603. The molecule has 1 aromatic rings. The number of hydrogen-bond donors (Lipinski definition) is 0. The van der Waals surface area contributed by atoms with Crippen LogP contribution in [0.4, 0.5) is 0 Å². The van der Waals surface area contributed by atoms with Crippen LogP contribution in [-0.4, -0.2) is 35.5 Å². The molecule has 0 aromatic heterocycles. The maximum absolute atomic E-state index is 13.0. The van der Waals surface area contributed by atoms with Crippen LogP contribution in [0.2, 0.25) is 0 Å². The second-order valence-corrected chi connectivity index (χ2v) is 8.29. The number of hydrogen-bond acceptors (Lipinski definition) is 3. The van der Waals surface area contributed by atoms with E-state index in [1.165, 1.54) is 38.5 Å². The molecule has 0 unspecified atom stereocenters. The van der Waals surface area contributed by atoms with Gasteiger partial charge in [0, 0.05) is 16.6 Å². The standard InChI is InChI=1S/C21H28BrNO3/c22-19-14-8-7-13-18(19)21(25)26-15-20(24)23(16-9-3-1-4-10-16)17-11-5-2-6-12-17/h7-8,13-14,16-17H,1-6,9-12,15H2. The molecule has 0 saturated heterocycles. The Morgan fingerprint density at radius 1 is 0.923 bits per heavy atom. The molecule has 26 heavy (non-hydrogen) atoms. The topological polar surface area (TPSA) is 46.6 Å². The summed E-state index contributed by atoms with van der Waals surface area (Å²) >= 11 is 3.36. The SMILES string of the molecule is O=C(OCC(=O)N(C1CCCCC1)C1CCCCC1)c1ccccc1Br. The summed E-state index contributed by atoms with van der Waals surface area (Å²) in [5, 5.41) is 0. The molecule has 5 heteroatoms. The van der Waals surface area contributed by atoms with E-state index < -0.39 is 5.97 Å². The molecule has 2 aliphatic carbocycles. The highest BCUT2D eigenvalue weighted by molar-refractivity contribution is 9.10. The molecule has 142 valence electrons. The zero-order chi connectivity index (χ0) is 18.4. The predicted molar refractivity (Wildman–Crippen MR) is 105 cm³/mol. The third-order valence-corrected chi connectivity index (χ3v) is 6.34. The molecule has 4 nitrogen and oxygen atoms in total. The van der Waals surface area contributed by atoms with Crippen LogP contribution >= 0.6 is 15.9 Å². The first-order chi connectivity index (χ1) is 12.7. The Labute approximate surface area is 164 Å². The van der Waals surface area contributed by atoms with Gasteiger partial charge >= 0.3 is 5.97 Å². The van der Waals surface area contributed by atoms with Crippen molar-refractivity contribution in [3.05, 3.63) is 34.3 Å². The fourth-order valence-corrected chi connectivity index (χ4v) is 4.78. The van der Waals surface area contributed by atoms with Gasteiger partial charge in [-0.1, -0.05) is 50.7 Å². The Morgan fingerprint density at radius 3 is 2.00 bits per heavy atom. The fourth-order valence-electron chi connectivity index (χ4n) is 4.33. The van der Waals surface area contributed by atoms with Crippen molar-refractivity contribution < 1.29 is 14.3 Å². The summed E-state index contributed by atoms with van der Waals surface area (Å²) in [4.78, 5) is 27.4. The summed E-state index contributed by atoms with van der Waals surface area (Å²) < 4.78 is 6.06. The van der Waals surface area contributed by atoms with Crippen molar-refractivity contribution in [2.24, 2.45) is 0 Å². The molecular formula is C21H28BrNO3. The molecule has 1 aromatic carbocycles.